The van der Waals surface area contributed by atoms with Gasteiger partial charge in [0.05, 0.1) is 11.5 Å². The highest BCUT2D eigenvalue weighted by Gasteiger charge is 2.29. The molecule has 1 atom stereocenters. The van der Waals surface area contributed by atoms with Crippen molar-refractivity contribution in [2.24, 2.45) is 5.92 Å². The Morgan fingerprint density at radius 3 is 2.38 bits per heavy atom. The predicted octanol–water partition coefficient (Wildman–Crippen LogP) is 8.48. The minimum Gasteiger partial charge on any atom is -0.358 e. The van der Waals surface area contributed by atoms with Crippen molar-refractivity contribution in [3.63, 3.8) is 0 Å². The second-order valence-electron chi connectivity index (χ2n) is 12.5. The molecule has 0 aliphatic carbocycles. The summed E-state index contributed by atoms with van der Waals surface area (Å²) in [6.07, 6.45) is 8.58. The minimum absolute atomic E-state index is 0.0285. The van der Waals surface area contributed by atoms with E-state index < -0.39 is 28.9 Å². The van der Waals surface area contributed by atoms with Gasteiger partial charge in [-0.15, -0.1) is 0 Å². The Bertz CT molecular complexity index is 1900. The Hall–Kier alpha value is -5.43. The van der Waals surface area contributed by atoms with Gasteiger partial charge in [-0.1, -0.05) is 74.7 Å². The van der Waals surface area contributed by atoms with Gasteiger partial charge < -0.3 is 15.5 Å². The highest BCUT2D eigenvalue weighted by atomic mass is 35.5. The van der Waals surface area contributed by atoms with Crippen molar-refractivity contribution in [2.75, 3.05) is 11.9 Å². The number of amides is 2. The maximum Gasteiger partial charge on any atom is 0.312 e. The summed E-state index contributed by atoms with van der Waals surface area (Å²) < 4.78 is 16.1. The molecule has 1 unspecified atom stereocenters. The number of nitro benzene ring substituents is 1. The molecule has 0 radical (unpaired) electrons. The number of imidazole rings is 1. The number of anilines is 1. The van der Waals surface area contributed by atoms with Crippen LogP contribution in [-0.4, -0.2) is 53.7 Å². The van der Waals surface area contributed by atoms with E-state index in [1.54, 1.807) is 30.5 Å². The van der Waals surface area contributed by atoms with Crippen LogP contribution in [0.5, 0.6) is 0 Å². The predicted molar refractivity (Wildman–Crippen MR) is 206 cm³/mol. The first-order chi connectivity index (χ1) is 25.4. The normalized spacial score (nSPS) is 12.1. The van der Waals surface area contributed by atoms with E-state index in [4.69, 9.17) is 11.6 Å². The van der Waals surface area contributed by atoms with E-state index in [1.165, 1.54) is 46.3 Å². The Morgan fingerprint density at radius 1 is 1.06 bits per heavy atom. The van der Waals surface area contributed by atoms with Crippen molar-refractivity contribution in [2.45, 2.75) is 80.4 Å². The molecule has 12 nitrogen and oxygen atoms in total. The van der Waals surface area contributed by atoms with Crippen LogP contribution in [0.15, 0.2) is 90.6 Å². The van der Waals surface area contributed by atoms with Gasteiger partial charge >= 0.3 is 6.08 Å². The molecule has 0 spiro atoms. The molecule has 4 aromatic rings. The number of nitrogens with one attached hydrogen (secondary N) is 2. The maximum absolute atomic E-state index is 14.6. The van der Waals surface area contributed by atoms with Crippen LogP contribution in [0.3, 0.4) is 0 Å². The third kappa shape index (κ3) is 12.6. The quantitative estimate of drug-likeness (QED) is 0.0502. The number of hydrogen-bond donors (Lipinski definition) is 2. The van der Waals surface area contributed by atoms with Crippen LogP contribution in [0, 0.1) is 22.1 Å². The maximum atomic E-state index is 14.6. The second kappa shape index (κ2) is 20.6. The number of carbonyl (C=O) groups excluding carboxylic acids is 2. The van der Waals surface area contributed by atoms with Gasteiger partial charge in [0.15, 0.2) is 0 Å². The SMILES string of the molecule is C/C=C(/C)C/C(=C\C)CNC(=O)c1ccc(CN(Cc2ccc(Cl)cc2)C(=O)C(CC(C)C)Nc2cc(-n3ccnc3)nc(F)n2)c([N+](=O)[O-])c1.CC. The molecule has 4 rings (SSSR count). The lowest BCUT2D eigenvalue weighted by Gasteiger charge is -2.29. The Morgan fingerprint density at radius 2 is 1.77 bits per heavy atom. The van der Waals surface area contributed by atoms with Gasteiger partial charge in [-0.25, -0.2) is 4.98 Å². The van der Waals surface area contributed by atoms with E-state index in [0.717, 1.165) is 16.7 Å². The summed E-state index contributed by atoms with van der Waals surface area (Å²) in [7, 11) is 0. The van der Waals surface area contributed by atoms with Crippen LogP contribution in [0.1, 0.15) is 82.8 Å². The lowest BCUT2D eigenvalue weighted by Crippen LogP contribution is -2.43. The standard InChI is InChI=1S/C37H42ClFN8O4.C2H6/c1-6-25(5)17-26(7-2)20-41-35(48)28-10-11-29(32(18-28)47(50)51)22-46(21-27-8-12-30(38)13-9-27)36(49)31(16-24(3)4)42-33-19-34(44-37(39)43-33)45-15-14-40-23-45;1-2/h6-15,18-19,23-24,31H,16-17,20-22H2,1-5H3,(H,41,48)(H,42,43,44);1-2H3/b25-6-,26-7+;. The molecule has 0 saturated heterocycles. The zero-order valence-electron chi connectivity index (χ0n) is 31.3. The zero-order chi connectivity index (χ0) is 39.1. The highest BCUT2D eigenvalue weighted by molar-refractivity contribution is 6.30. The van der Waals surface area contributed by atoms with E-state index in [9.17, 15) is 24.1 Å². The van der Waals surface area contributed by atoms with Gasteiger partial charge in [0, 0.05) is 53.8 Å². The average molecular weight is 747 g/mol. The van der Waals surface area contributed by atoms with Crippen molar-refractivity contribution in [1.82, 2.24) is 29.7 Å². The van der Waals surface area contributed by atoms with Crippen LogP contribution in [0.2, 0.25) is 5.02 Å². The largest absolute Gasteiger partial charge is 0.358 e. The number of carbonyl (C=O) groups is 2. The Kier molecular flexibility index (Phi) is 16.3. The summed E-state index contributed by atoms with van der Waals surface area (Å²) >= 11 is 6.12. The van der Waals surface area contributed by atoms with Gasteiger partial charge in [-0.2, -0.15) is 14.4 Å². The van der Waals surface area contributed by atoms with Gasteiger partial charge in [0.25, 0.3) is 11.6 Å². The highest BCUT2D eigenvalue weighted by Crippen LogP contribution is 2.26. The molecule has 0 aliphatic heterocycles. The van der Waals surface area contributed by atoms with Crippen LogP contribution >= 0.6 is 11.6 Å². The van der Waals surface area contributed by atoms with Crippen LogP contribution < -0.4 is 10.6 Å². The van der Waals surface area contributed by atoms with Crippen LogP contribution in [-0.2, 0) is 17.9 Å². The van der Waals surface area contributed by atoms with Crippen molar-refractivity contribution in [3.05, 3.63) is 128 Å². The third-order valence-electron chi connectivity index (χ3n) is 8.17. The first-order valence-electron chi connectivity index (χ1n) is 17.5. The topological polar surface area (TPSA) is 148 Å². The molecule has 0 saturated carbocycles. The van der Waals surface area contributed by atoms with Crippen molar-refractivity contribution in [3.8, 4) is 5.82 Å². The number of hydrogen-bond acceptors (Lipinski definition) is 8. The van der Waals surface area contributed by atoms with E-state index in [1.807, 2.05) is 60.6 Å². The smallest absolute Gasteiger partial charge is 0.312 e. The number of aromatic nitrogens is 4. The molecule has 282 valence electrons. The lowest BCUT2D eigenvalue weighted by atomic mass is 10.0. The molecule has 14 heteroatoms. The van der Waals surface area contributed by atoms with E-state index in [-0.39, 0.29) is 47.5 Å². The summed E-state index contributed by atoms with van der Waals surface area (Å²) in [4.78, 5) is 52.5. The molecular formula is C39H48ClFN8O4. The molecule has 0 bridgehead atoms. The summed E-state index contributed by atoms with van der Waals surface area (Å²) in [5, 5.41) is 18.8. The first-order valence-corrected chi connectivity index (χ1v) is 17.9. The molecule has 2 aromatic heterocycles. The van der Waals surface area contributed by atoms with Crippen molar-refractivity contribution in [1.29, 1.82) is 0 Å². The fourth-order valence-corrected chi connectivity index (χ4v) is 5.48. The first kappa shape index (κ1) is 42.0. The molecule has 53 heavy (non-hydrogen) atoms. The van der Waals surface area contributed by atoms with Gasteiger partial charge in [-0.3, -0.25) is 24.3 Å². The summed E-state index contributed by atoms with van der Waals surface area (Å²) in [6, 6.07) is 11.8. The third-order valence-corrected chi connectivity index (χ3v) is 8.42. The van der Waals surface area contributed by atoms with Gasteiger partial charge in [0.2, 0.25) is 5.91 Å². The number of rotatable bonds is 16. The van der Waals surface area contributed by atoms with Crippen molar-refractivity contribution < 1.29 is 18.9 Å². The summed E-state index contributed by atoms with van der Waals surface area (Å²) in [5.74, 6) is -0.524. The summed E-state index contributed by atoms with van der Waals surface area (Å²) in [5.41, 5.74) is 2.95. The summed E-state index contributed by atoms with van der Waals surface area (Å²) in [6.45, 7) is 14.0. The van der Waals surface area contributed by atoms with Gasteiger partial charge in [-0.05, 0) is 69.4 Å². The monoisotopic (exact) mass is 746 g/mol. The Balaban J connectivity index is 0.00000372. The van der Waals surface area contributed by atoms with Crippen molar-refractivity contribution >= 4 is 34.9 Å². The number of nitro groups is 1. The van der Waals surface area contributed by atoms with E-state index >= 15 is 0 Å². The molecule has 0 aliphatic rings. The number of halogens is 2. The Labute approximate surface area is 315 Å². The number of benzene rings is 2. The molecule has 2 heterocycles. The second-order valence-corrected chi connectivity index (χ2v) is 13.0. The molecule has 2 aromatic carbocycles. The number of nitrogens with zero attached hydrogens (tertiary/aromatic N) is 6. The zero-order valence-corrected chi connectivity index (χ0v) is 32.0. The minimum atomic E-state index is -0.993. The van der Waals surface area contributed by atoms with Crippen LogP contribution in [0.4, 0.5) is 15.9 Å². The van der Waals surface area contributed by atoms with Gasteiger partial charge in [0.1, 0.15) is 24.0 Å². The molecule has 2 N–H and O–H groups in total. The fourth-order valence-electron chi connectivity index (χ4n) is 5.36. The number of allylic oxidation sites excluding steroid dienone is 3. The molecular weight excluding hydrogens is 699 g/mol. The van der Waals surface area contributed by atoms with E-state index in [2.05, 4.69) is 25.6 Å². The average Bonchev–Trinajstić information content (AvgIpc) is 3.69. The van der Waals surface area contributed by atoms with E-state index in [0.29, 0.717) is 24.4 Å². The molecule has 2 amide bonds. The lowest BCUT2D eigenvalue weighted by molar-refractivity contribution is -0.385. The molecule has 0 fully saturated rings. The van der Waals surface area contributed by atoms with Crippen LogP contribution in [0.25, 0.3) is 5.82 Å². The fraction of sp³-hybridized carbons (Fsp3) is 0.359.